The Morgan fingerprint density at radius 2 is 1.93 bits per heavy atom. The van der Waals surface area contributed by atoms with Crippen molar-refractivity contribution in [3.8, 4) is 17.1 Å². The van der Waals surface area contributed by atoms with Crippen LogP contribution >= 0.6 is 12.2 Å². The fraction of sp³-hybridized carbons (Fsp3) is 0.227. The van der Waals surface area contributed by atoms with Crippen LogP contribution in [0, 0.1) is 4.77 Å². The highest BCUT2D eigenvalue weighted by molar-refractivity contribution is 7.71. The predicted molar refractivity (Wildman–Crippen MR) is 117 cm³/mol. The number of para-hydroxylation sites is 1. The fourth-order valence-electron chi connectivity index (χ4n) is 2.86. The van der Waals surface area contributed by atoms with Crippen LogP contribution in [0.15, 0.2) is 60.2 Å². The van der Waals surface area contributed by atoms with E-state index in [0.717, 1.165) is 11.1 Å². The number of rotatable bonds is 5. The van der Waals surface area contributed by atoms with E-state index >= 15 is 0 Å². The average molecular weight is 393 g/mol. The zero-order valence-electron chi connectivity index (χ0n) is 16.3. The van der Waals surface area contributed by atoms with Gasteiger partial charge < -0.3 is 5.11 Å². The van der Waals surface area contributed by atoms with Crippen LogP contribution in [-0.2, 0) is 11.8 Å². The van der Waals surface area contributed by atoms with Gasteiger partial charge in [0.05, 0.1) is 6.21 Å². The molecule has 3 aromatic rings. The van der Waals surface area contributed by atoms with Gasteiger partial charge >= 0.3 is 0 Å². The number of hydrogen-bond donors (Lipinski definition) is 2. The Hall–Kier alpha value is -2.99. The van der Waals surface area contributed by atoms with Gasteiger partial charge in [-0.15, -0.1) is 6.58 Å². The lowest BCUT2D eigenvalue weighted by Gasteiger charge is -2.18. The van der Waals surface area contributed by atoms with Crippen molar-refractivity contribution in [2.75, 3.05) is 0 Å². The molecule has 0 aliphatic rings. The first-order chi connectivity index (χ1) is 13.3. The highest BCUT2D eigenvalue weighted by Crippen LogP contribution is 2.26. The lowest BCUT2D eigenvalue weighted by molar-refractivity contribution is 0.469. The van der Waals surface area contributed by atoms with Gasteiger partial charge in [0, 0.05) is 11.1 Å². The predicted octanol–water partition coefficient (Wildman–Crippen LogP) is 5.22. The van der Waals surface area contributed by atoms with Crippen LogP contribution in [-0.4, -0.2) is 26.2 Å². The molecule has 0 fully saturated rings. The monoisotopic (exact) mass is 392 g/mol. The Labute approximate surface area is 170 Å². The summed E-state index contributed by atoms with van der Waals surface area (Å²) in [5, 5.41) is 22.0. The first kappa shape index (κ1) is 19.8. The number of phenols is 1. The minimum atomic E-state index is 0.0788. The maximum atomic E-state index is 10.4. The van der Waals surface area contributed by atoms with E-state index in [1.54, 1.807) is 23.0 Å². The topological polar surface area (TPSA) is 66.2 Å². The summed E-state index contributed by atoms with van der Waals surface area (Å²) in [4.78, 5) is 0. The van der Waals surface area contributed by atoms with Gasteiger partial charge in [0.25, 0.3) is 0 Å². The van der Waals surface area contributed by atoms with Crippen LogP contribution in [0.5, 0.6) is 5.75 Å². The van der Waals surface area contributed by atoms with Crippen LogP contribution in [0.1, 0.15) is 37.5 Å². The Kier molecular flexibility index (Phi) is 5.61. The third kappa shape index (κ3) is 4.12. The summed E-state index contributed by atoms with van der Waals surface area (Å²) < 4.78 is 1.94. The molecule has 3 rings (SSSR count). The summed E-state index contributed by atoms with van der Waals surface area (Å²) in [6.07, 6.45) is 3.92. The molecule has 0 saturated carbocycles. The van der Waals surface area contributed by atoms with Gasteiger partial charge in [0.2, 0.25) is 4.77 Å². The molecule has 0 atom stereocenters. The lowest BCUT2D eigenvalue weighted by atomic mass is 9.87. The Morgan fingerprint density at radius 3 is 2.57 bits per heavy atom. The first-order valence-corrected chi connectivity index (χ1v) is 9.46. The normalized spacial score (nSPS) is 11.8. The third-order valence-electron chi connectivity index (χ3n) is 4.49. The molecule has 2 N–H and O–H groups in total. The molecular weight excluding hydrogens is 368 g/mol. The van der Waals surface area contributed by atoms with E-state index in [4.69, 9.17) is 12.2 Å². The number of phenolic OH excluding ortho intramolecular Hbond substituents is 1. The summed E-state index contributed by atoms with van der Waals surface area (Å²) in [6.45, 7) is 10.2. The minimum Gasteiger partial charge on any atom is -0.507 e. The molecule has 1 heterocycles. The number of nitrogens with one attached hydrogen (secondary N) is 1. The van der Waals surface area contributed by atoms with E-state index in [1.165, 1.54) is 5.56 Å². The van der Waals surface area contributed by atoms with E-state index in [0.29, 0.717) is 22.6 Å². The van der Waals surface area contributed by atoms with Gasteiger partial charge in [-0.3, -0.25) is 0 Å². The summed E-state index contributed by atoms with van der Waals surface area (Å²) in [6, 6.07) is 13.7. The van der Waals surface area contributed by atoms with Gasteiger partial charge in [0.15, 0.2) is 5.82 Å². The van der Waals surface area contributed by atoms with E-state index in [2.05, 4.69) is 54.8 Å². The average Bonchev–Trinajstić information content (AvgIpc) is 3.02. The molecule has 1 aromatic heterocycles. The van der Waals surface area contributed by atoms with Crippen molar-refractivity contribution in [1.29, 1.82) is 0 Å². The zero-order valence-corrected chi connectivity index (χ0v) is 17.1. The number of hydrogen-bond acceptors (Lipinski definition) is 4. The molecular formula is C22H24N4OS. The summed E-state index contributed by atoms with van der Waals surface area (Å²) in [7, 11) is 0. The number of nitrogens with zero attached hydrogens (tertiary/aromatic N) is 3. The Balaban J connectivity index is 1.96. The van der Waals surface area contributed by atoms with Gasteiger partial charge in [-0.1, -0.05) is 63.2 Å². The molecule has 28 heavy (non-hydrogen) atoms. The summed E-state index contributed by atoms with van der Waals surface area (Å²) in [5.41, 5.74) is 3.63. The number of aromatic amines is 1. The molecule has 0 unspecified atom stereocenters. The number of benzene rings is 2. The first-order valence-electron chi connectivity index (χ1n) is 9.05. The van der Waals surface area contributed by atoms with Crippen molar-refractivity contribution in [2.45, 2.75) is 32.6 Å². The molecule has 144 valence electrons. The van der Waals surface area contributed by atoms with Gasteiger partial charge in [-0.2, -0.15) is 14.9 Å². The number of H-pyrrole nitrogens is 1. The molecule has 5 nitrogen and oxygen atoms in total. The second-order valence-corrected chi connectivity index (χ2v) is 7.97. The van der Waals surface area contributed by atoms with Crippen LogP contribution in [0.3, 0.4) is 0 Å². The van der Waals surface area contributed by atoms with Crippen LogP contribution in [0.2, 0.25) is 0 Å². The van der Waals surface area contributed by atoms with Crippen molar-refractivity contribution >= 4 is 18.4 Å². The molecule has 0 saturated heterocycles. The fourth-order valence-corrected chi connectivity index (χ4v) is 3.04. The van der Waals surface area contributed by atoms with Crippen molar-refractivity contribution in [2.24, 2.45) is 5.10 Å². The molecule has 0 spiro atoms. The maximum absolute atomic E-state index is 10.4. The van der Waals surface area contributed by atoms with Crippen molar-refractivity contribution < 1.29 is 5.11 Å². The highest BCUT2D eigenvalue weighted by Gasteiger charge is 2.15. The molecule has 0 radical (unpaired) electrons. The Morgan fingerprint density at radius 1 is 1.21 bits per heavy atom. The molecule has 0 aliphatic carbocycles. The smallest absolute Gasteiger partial charge is 0.216 e. The molecule has 0 amide bonds. The van der Waals surface area contributed by atoms with Gasteiger partial charge in [0.1, 0.15) is 5.75 Å². The van der Waals surface area contributed by atoms with Crippen molar-refractivity contribution in [1.82, 2.24) is 14.9 Å². The van der Waals surface area contributed by atoms with Crippen molar-refractivity contribution in [3.05, 3.63) is 76.6 Å². The van der Waals surface area contributed by atoms with Crippen molar-refractivity contribution in [3.63, 3.8) is 0 Å². The molecule has 0 bridgehead atoms. The highest BCUT2D eigenvalue weighted by atomic mass is 32.1. The quantitative estimate of drug-likeness (QED) is 0.355. The summed E-state index contributed by atoms with van der Waals surface area (Å²) >= 11 is 5.33. The largest absolute Gasteiger partial charge is 0.507 e. The number of aromatic nitrogens is 3. The van der Waals surface area contributed by atoms with E-state index in [9.17, 15) is 5.11 Å². The van der Waals surface area contributed by atoms with E-state index < -0.39 is 0 Å². The van der Waals surface area contributed by atoms with E-state index in [-0.39, 0.29) is 11.2 Å². The third-order valence-corrected chi connectivity index (χ3v) is 4.75. The second kappa shape index (κ2) is 7.94. The van der Waals surface area contributed by atoms with E-state index in [1.807, 2.05) is 24.3 Å². The summed E-state index contributed by atoms with van der Waals surface area (Å²) in [5.74, 6) is 0.806. The maximum Gasteiger partial charge on any atom is 0.216 e. The minimum absolute atomic E-state index is 0.0788. The van der Waals surface area contributed by atoms with Crippen LogP contribution in [0.4, 0.5) is 0 Å². The zero-order chi connectivity index (χ0) is 20.3. The number of allylic oxidation sites excluding steroid dienone is 1. The van der Waals surface area contributed by atoms with Crippen LogP contribution in [0.25, 0.3) is 11.4 Å². The number of aromatic hydroxyl groups is 1. The van der Waals surface area contributed by atoms with Gasteiger partial charge in [-0.05, 0) is 41.2 Å². The Bertz CT molecular complexity index is 1070. The molecule has 2 aromatic carbocycles. The second-order valence-electron chi connectivity index (χ2n) is 7.58. The SMILES string of the molecule is C=CCc1cccc(/C=N\n2c(-c3ccc(C(C)(C)C)cc3)n[nH]c2=S)c1O. The lowest BCUT2D eigenvalue weighted by Crippen LogP contribution is -2.10. The molecule has 0 aliphatic heterocycles. The molecule has 6 heteroatoms. The standard InChI is InChI=1S/C22H24N4OS/c1-5-7-15-8-6-9-17(19(15)27)14-23-26-20(24-25-21(26)28)16-10-12-18(13-11-16)22(2,3)4/h5-6,8-14,27H,1,7H2,2-4H3,(H,25,28)/b23-14-. The van der Waals surface area contributed by atoms with Crippen LogP contribution < -0.4 is 0 Å². The van der Waals surface area contributed by atoms with Gasteiger partial charge in [-0.25, -0.2) is 5.10 Å².